The largest absolute Gasteiger partial charge is 0.502 e. The zero-order valence-electron chi connectivity index (χ0n) is 10.2. The predicted molar refractivity (Wildman–Crippen MR) is 71.7 cm³/mol. The molecule has 2 aromatic carbocycles. The standard InChI is InChI=1S/C14H14N2O3/c17-14-12(7-4-8-13(14)16(18)19)10-15-9-11-5-2-1-3-6-11/h1-8,15,17H,9-10H2. The number of para-hydroxylation sites is 1. The first-order valence-corrected chi connectivity index (χ1v) is 5.88. The molecule has 0 spiro atoms. The molecule has 98 valence electrons. The van der Waals surface area contributed by atoms with Crippen molar-refractivity contribution in [3.05, 3.63) is 69.8 Å². The van der Waals surface area contributed by atoms with Gasteiger partial charge in [-0.2, -0.15) is 0 Å². The molecule has 19 heavy (non-hydrogen) atoms. The Morgan fingerprint density at radius 1 is 1.05 bits per heavy atom. The molecule has 0 aromatic heterocycles. The lowest BCUT2D eigenvalue weighted by atomic mass is 10.1. The van der Waals surface area contributed by atoms with E-state index >= 15 is 0 Å². The van der Waals surface area contributed by atoms with Crippen LogP contribution >= 0.6 is 0 Å². The van der Waals surface area contributed by atoms with Gasteiger partial charge in [-0.15, -0.1) is 0 Å². The minimum absolute atomic E-state index is 0.265. The molecule has 2 N–H and O–H groups in total. The van der Waals surface area contributed by atoms with E-state index in [2.05, 4.69) is 5.32 Å². The molecular weight excluding hydrogens is 244 g/mol. The third-order valence-electron chi connectivity index (χ3n) is 2.78. The second kappa shape index (κ2) is 5.97. The Kier molecular flexibility index (Phi) is 4.10. The normalized spacial score (nSPS) is 10.3. The lowest BCUT2D eigenvalue weighted by Gasteiger charge is -2.07. The highest BCUT2D eigenvalue weighted by molar-refractivity contribution is 5.50. The Labute approximate surface area is 110 Å². The maximum absolute atomic E-state index is 10.7. The number of hydrogen-bond acceptors (Lipinski definition) is 4. The van der Waals surface area contributed by atoms with E-state index in [1.54, 1.807) is 12.1 Å². The van der Waals surface area contributed by atoms with Crippen LogP contribution in [-0.2, 0) is 13.1 Å². The number of nitro benzene ring substituents is 1. The van der Waals surface area contributed by atoms with Gasteiger partial charge in [0.15, 0.2) is 5.75 Å². The number of rotatable bonds is 5. The number of nitrogens with zero attached hydrogens (tertiary/aromatic N) is 1. The molecule has 2 rings (SSSR count). The second-order valence-electron chi connectivity index (χ2n) is 4.13. The molecule has 2 aromatic rings. The molecule has 0 saturated carbocycles. The SMILES string of the molecule is O=[N+]([O-])c1cccc(CNCc2ccccc2)c1O. The van der Waals surface area contributed by atoms with E-state index in [0.29, 0.717) is 18.7 Å². The van der Waals surface area contributed by atoms with Gasteiger partial charge in [0.1, 0.15) is 0 Å². The molecule has 0 radical (unpaired) electrons. The molecule has 0 aliphatic rings. The minimum atomic E-state index is -0.587. The van der Waals surface area contributed by atoms with Crippen molar-refractivity contribution >= 4 is 5.69 Å². The Hall–Kier alpha value is -2.40. The van der Waals surface area contributed by atoms with Crippen LogP contribution in [0.3, 0.4) is 0 Å². The van der Waals surface area contributed by atoms with Crippen LogP contribution in [0.2, 0.25) is 0 Å². The fraction of sp³-hybridized carbons (Fsp3) is 0.143. The van der Waals surface area contributed by atoms with Gasteiger partial charge in [0.25, 0.3) is 0 Å². The van der Waals surface area contributed by atoms with Gasteiger partial charge >= 0.3 is 5.69 Å². The maximum Gasteiger partial charge on any atom is 0.311 e. The van der Waals surface area contributed by atoms with Gasteiger partial charge < -0.3 is 10.4 Å². The summed E-state index contributed by atoms with van der Waals surface area (Å²) in [7, 11) is 0. The molecule has 0 aliphatic heterocycles. The number of nitrogens with one attached hydrogen (secondary N) is 1. The zero-order chi connectivity index (χ0) is 13.7. The first-order valence-electron chi connectivity index (χ1n) is 5.88. The number of benzene rings is 2. The Morgan fingerprint density at radius 3 is 2.47 bits per heavy atom. The molecule has 5 heteroatoms. The van der Waals surface area contributed by atoms with Gasteiger partial charge in [-0.25, -0.2) is 0 Å². The summed E-state index contributed by atoms with van der Waals surface area (Å²) < 4.78 is 0. The van der Waals surface area contributed by atoms with Gasteiger partial charge in [-0.3, -0.25) is 10.1 Å². The number of aromatic hydroxyl groups is 1. The summed E-state index contributed by atoms with van der Waals surface area (Å²) in [6, 6.07) is 14.3. The van der Waals surface area contributed by atoms with Gasteiger partial charge in [0, 0.05) is 24.7 Å². The van der Waals surface area contributed by atoms with Crippen molar-refractivity contribution in [2.75, 3.05) is 0 Å². The van der Waals surface area contributed by atoms with E-state index in [4.69, 9.17) is 0 Å². The monoisotopic (exact) mass is 258 g/mol. The van der Waals surface area contributed by atoms with Crippen LogP contribution in [0.15, 0.2) is 48.5 Å². The average molecular weight is 258 g/mol. The lowest BCUT2D eigenvalue weighted by molar-refractivity contribution is -0.385. The maximum atomic E-state index is 10.7. The topological polar surface area (TPSA) is 75.4 Å². The summed E-state index contributed by atoms with van der Waals surface area (Å²) in [4.78, 5) is 10.1. The van der Waals surface area contributed by atoms with Gasteiger partial charge in [0.05, 0.1) is 4.92 Å². The zero-order valence-corrected chi connectivity index (χ0v) is 10.2. The fourth-order valence-corrected chi connectivity index (χ4v) is 1.81. The van der Waals surface area contributed by atoms with Crippen molar-refractivity contribution in [1.82, 2.24) is 5.32 Å². The molecule has 0 amide bonds. The molecule has 0 heterocycles. The highest BCUT2D eigenvalue weighted by Crippen LogP contribution is 2.28. The summed E-state index contributed by atoms with van der Waals surface area (Å²) in [6.07, 6.45) is 0. The average Bonchev–Trinajstić information content (AvgIpc) is 2.41. The van der Waals surface area contributed by atoms with Crippen molar-refractivity contribution in [2.45, 2.75) is 13.1 Å². The van der Waals surface area contributed by atoms with Crippen LogP contribution < -0.4 is 5.32 Å². The van der Waals surface area contributed by atoms with E-state index in [1.807, 2.05) is 30.3 Å². The first-order chi connectivity index (χ1) is 9.18. The van der Waals surface area contributed by atoms with E-state index in [-0.39, 0.29) is 11.4 Å². The van der Waals surface area contributed by atoms with Crippen molar-refractivity contribution in [3.8, 4) is 5.75 Å². The molecule has 0 fully saturated rings. The third-order valence-corrected chi connectivity index (χ3v) is 2.78. The fourth-order valence-electron chi connectivity index (χ4n) is 1.81. The van der Waals surface area contributed by atoms with Crippen LogP contribution in [0.5, 0.6) is 5.75 Å². The lowest BCUT2D eigenvalue weighted by Crippen LogP contribution is -2.12. The highest BCUT2D eigenvalue weighted by Gasteiger charge is 2.15. The van der Waals surface area contributed by atoms with E-state index in [1.165, 1.54) is 6.07 Å². The summed E-state index contributed by atoms with van der Waals surface area (Å²) in [5.74, 6) is -0.270. The Balaban J connectivity index is 2.00. The van der Waals surface area contributed by atoms with Crippen LogP contribution in [-0.4, -0.2) is 10.0 Å². The van der Waals surface area contributed by atoms with Gasteiger partial charge in [-0.1, -0.05) is 42.5 Å². The van der Waals surface area contributed by atoms with Crippen LogP contribution in [0.1, 0.15) is 11.1 Å². The molecule has 0 unspecified atom stereocenters. The molecule has 0 aliphatic carbocycles. The second-order valence-corrected chi connectivity index (χ2v) is 4.13. The molecule has 0 saturated heterocycles. The number of nitro groups is 1. The minimum Gasteiger partial charge on any atom is -0.502 e. The number of phenolic OH excluding ortho intramolecular Hbond substituents is 1. The quantitative estimate of drug-likeness (QED) is 0.638. The Morgan fingerprint density at radius 2 is 1.79 bits per heavy atom. The molecule has 5 nitrogen and oxygen atoms in total. The van der Waals surface area contributed by atoms with Crippen molar-refractivity contribution < 1.29 is 10.0 Å². The van der Waals surface area contributed by atoms with E-state index in [9.17, 15) is 15.2 Å². The summed E-state index contributed by atoms with van der Waals surface area (Å²) in [5.41, 5.74) is 1.37. The van der Waals surface area contributed by atoms with Crippen LogP contribution in [0.25, 0.3) is 0 Å². The summed E-state index contributed by atoms with van der Waals surface area (Å²) in [6.45, 7) is 1.02. The van der Waals surface area contributed by atoms with Gasteiger partial charge in [-0.05, 0) is 5.56 Å². The number of phenols is 1. The summed E-state index contributed by atoms with van der Waals surface area (Å²) >= 11 is 0. The first kappa shape index (κ1) is 13.0. The van der Waals surface area contributed by atoms with Crippen molar-refractivity contribution in [3.63, 3.8) is 0 Å². The summed E-state index contributed by atoms with van der Waals surface area (Å²) in [5, 5.41) is 23.6. The van der Waals surface area contributed by atoms with Crippen molar-refractivity contribution in [1.29, 1.82) is 0 Å². The number of hydrogen-bond donors (Lipinski definition) is 2. The molecule has 0 atom stereocenters. The predicted octanol–water partition coefficient (Wildman–Crippen LogP) is 2.59. The molecule has 0 bridgehead atoms. The van der Waals surface area contributed by atoms with Crippen LogP contribution in [0, 0.1) is 10.1 Å². The van der Waals surface area contributed by atoms with E-state index in [0.717, 1.165) is 5.56 Å². The third kappa shape index (κ3) is 3.29. The molecular formula is C14H14N2O3. The highest BCUT2D eigenvalue weighted by atomic mass is 16.6. The van der Waals surface area contributed by atoms with Crippen molar-refractivity contribution in [2.24, 2.45) is 0 Å². The smallest absolute Gasteiger partial charge is 0.311 e. The van der Waals surface area contributed by atoms with E-state index < -0.39 is 4.92 Å². The Bertz CT molecular complexity index is 570. The van der Waals surface area contributed by atoms with Gasteiger partial charge in [0.2, 0.25) is 0 Å². The van der Waals surface area contributed by atoms with Crippen LogP contribution in [0.4, 0.5) is 5.69 Å².